The molecule has 0 radical (unpaired) electrons. The van der Waals surface area contributed by atoms with Gasteiger partial charge >= 0.3 is 0 Å². The Hall–Kier alpha value is -0.370. The fraction of sp³-hybridized carbons (Fsp3) is 0.250. The standard InChI is InChI=1S/C8H8BrIN4/c1-2-14-6-4(10)3-12-8(11)5(6)7(9)13-14/h3H,2H2,1H3,(H2,11,12). The lowest BCUT2D eigenvalue weighted by atomic mass is 10.3. The average molecular weight is 367 g/mol. The molecular weight excluding hydrogens is 359 g/mol. The Kier molecular flexibility index (Phi) is 2.65. The second kappa shape index (κ2) is 3.65. The molecule has 2 N–H and O–H groups in total. The minimum Gasteiger partial charge on any atom is -0.383 e. The summed E-state index contributed by atoms with van der Waals surface area (Å²) >= 11 is 5.63. The van der Waals surface area contributed by atoms with Crippen LogP contribution < -0.4 is 5.73 Å². The molecule has 2 rings (SSSR count). The van der Waals surface area contributed by atoms with Crippen LogP contribution in [0.1, 0.15) is 6.92 Å². The van der Waals surface area contributed by atoms with Crippen molar-refractivity contribution >= 4 is 55.2 Å². The zero-order valence-electron chi connectivity index (χ0n) is 7.46. The lowest BCUT2D eigenvalue weighted by molar-refractivity contribution is 0.677. The van der Waals surface area contributed by atoms with Gasteiger partial charge in [-0.05, 0) is 45.4 Å². The van der Waals surface area contributed by atoms with Crippen LogP contribution in [-0.2, 0) is 6.54 Å². The van der Waals surface area contributed by atoms with Crippen molar-refractivity contribution in [3.63, 3.8) is 0 Å². The van der Waals surface area contributed by atoms with Crippen LogP contribution in [0.15, 0.2) is 10.8 Å². The normalized spacial score (nSPS) is 11.1. The minimum atomic E-state index is 0.520. The highest BCUT2D eigenvalue weighted by Crippen LogP contribution is 2.30. The molecule has 0 spiro atoms. The van der Waals surface area contributed by atoms with E-state index in [1.54, 1.807) is 6.20 Å². The molecule has 2 aromatic heterocycles. The van der Waals surface area contributed by atoms with E-state index in [1.165, 1.54) is 0 Å². The molecule has 0 aromatic carbocycles. The maximum atomic E-state index is 5.80. The molecule has 74 valence electrons. The van der Waals surface area contributed by atoms with Gasteiger partial charge in [-0.1, -0.05) is 0 Å². The molecule has 14 heavy (non-hydrogen) atoms. The van der Waals surface area contributed by atoms with E-state index < -0.39 is 0 Å². The van der Waals surface area contributed by atoms with Crippen molar-refractivity contribution in [3.8, 4) is 0 Å². The third kappa shape index (κ3) is 1.40. The Balaban J connectivity index is 2.94. The highest BCUT2D eigenvalue weighted by Gasteiger charge is 2.13. The summed E-state index contributed by atoms with van der Waals surface area (Å²) in [6.45, 7) is 2.87. The molecule has 0 saturated heterocycles. The van der Waals surface area contributed by atoms with E-state index in [0.717, 1.165) is 25.6 Å². The van der Waals surface area contributed by atoms with Gasteiger partial charge in [0.1, 0.15) is 10.4 Å². The number of nitrogens with two attached hydrogens (primary N) is 1. The second-order valence-electron chi connectivity index (χ2n) is 2.82. The van der Waals surface area contributed by atoms with Crippen LogP contribution in [0.4, 0.5) is 5.82 Å². The Labute approximate surface area is 103 Å². The maximum absolute atomic E-state index is 5.80. The van der Waals surface area contributed by atoms with Crippen LogP contribution in [0.3, 0.4) is 0 Å². The van der Waals surface area contributed by atoms with E-state index in [0.29, 0.717) is 5.82 Å². The minimum absolute atomic E-state index is 0.520. The molecule has 0 saturated carbocycles. The smallest absolute Gasteiger partial charge is 0.139 e. The van der Waals surface area contributed by atoms with Gasteiger partial charge in [0.15, 0.2) is 0 Å². The third-order valence-corrected chi connectivity index (χ3v) is 3.35. The SMILES string of the molecule is CCn1nc(Br)c2c(N)ncc(I)c21. The number of hydrogen-bond donors (Lipinski definition) is 1. The fourth-order valence-electron chi connectivity index (χ4n) is 1.38. The van der Waals surface area contributed by atoms with E-state index in [-0.39, 0.29) is 0 Å². The van der Waals surface area contributed by atoms with Gasteiger partial charge in [-0.2, -0.15) is 5.10 Å². The summed E-state index contributed by atoms with van der Waals surface area (Å²) in [6.07, 6.45) is 1.76. The Bertz CT molecular complexity index is 494. The first-order valence-corrected chi connectivity index (χ1v) is 5.98. The number of nitrogen functional groups attached to an aromatic ring is 1. The Morgan fingerprint density at radius 1 is 1.64 bits per heavy atom. The van der Waals surface area contributed by atoms with Gasteiger partial charge in [0.2, 0.25) is 0 Å². The van der Waals surface area contributed by atoms with Crippen molar-refractivity contribution in [2.75, 3.05) is 5.73 Å². The first-order chi connectivity index (χ1) is 6.65. The third-order valence-electron chi connectivity index (χ3n) is 2.01. The lowest BCUT2D eigenvalue weighted by Gasteiger charge is -2.01. The van der Waals surface area contributed by atoms with Gasteiger partial charge in [0.05, 0.1) is 14.5 Å². The first-order valence-electron chi connectivity index (χ1n) is 4.11. The summed E-state index contributed by atoms with van der Waals surface area (Å²) in [5, 5.41) is 5.24. The Morgan fingerprint density at radius 3 is 3.00 bits per heavy atom. The molecule has 0 aliphatic rings. The van der Waals surface area contributed by atoms with Crippen molar-refractivity contribution < 1.29 is 0 Å². The molecule has 0 bridgehead atoms. The molecule has 0 unspecified atom stereocenters. The van der Waals surface area contributed by atoms with Gasteiger partial charge in [-0.25, -0.2) is 4.98 Å². The summed E-state index contributed by atoms with van der Waals surface area (Å²) in [6, 6.07) is 0. The molecular formula is C8H8BrIN4. The monoisotopic (exact) mass is 366 g/mol. The zero-order valence-corrected chi connectivity index (χ0v) is 11.2. The Morgan fingerprint density at radius 2 is 2.36 bits per heavy atom. The highest BCUT2D eigenvalue weighted by atomic mass is 127. The van der Waals surface area contributed by atoms with Crippen LogP contribution in [0, 0.1) is 3.57 Å². The molecule has 6 heteroatoms. The first kappa shape index (κ1) is 10.2. The summed E-state index contributed by atoms with van der Waals surface area (Å²) in [4.78, 5) is 4.10. The number of hydrogen-bond acceptors (Lipinski definition) is 3. The van der Waals surface area contributed by atoms with Gasteiger partial charge in [0, 0.05) is 12.7 Å². The largest absolute Gasteiger partial charge is 0.383 e. The number of halogens is 2. The molecule has 0 aliphatic carbocycles. The fourth-order valence-corrected chi connectivity index (χ4v) is 2.65. The van der Waals surface area contributed by atoms with Crippen molar-refractivity contribution in [3.05, 3.63) is 14.4 Å². The second-order valence-corrected chi connectivity index (χ2v) is 4.73. The molecule has 2 aromatic rings. The molecule has 0 aliphatic heterocycles. The number of nitrogens with zero attached hydrogens (tertiary/aromatic N) is 3. The van der Waals surface area contributed by atoms with Gasteiger partial charge < -0.3 is 5.73 Å². The predicted molar refractivity (Wildman–Crippen MR) is 68.0 cm³/mol. The van der Waals surface area contributed by atoms with Gasteiger partial charge in [0.25, 0.3) is 0 Å². The quantitative estimate of drug-likeness (QED) is 0.788. The van der Waals surface area contributed by atoms with Crippen LogP contribution in [0.2, 0.25) is 0 Å². The van der Waals surface area contributed by atoms with Crippen molar-refractivity contribution in [2.45, 2.75) is 13.5 Å². The number of rotatable bonds is 1. The van der Waals surface area contributed by atoms with E-state index in [9.17, 15) is 0 Å². The molecule has 0 atom stereocenters. The van der Waals surface area contributed by atoms with Crippen LogP contribution >= 0.6 is 38.5 Å². The van der Waals surface area contributed by atoms with Crippen LogP contribution in [0.5, 0.6) is 0 Å². The number of fused-ring (bicyclic) bond motifs is 1. The van der Waals surface area contributed by atoms with Gasteiger partial charge in [-0.15, -0.1) is 0 Å². The zero-order chi connectivity index (χ0) is 10.3. The average Bonchev–Trinajstić information content (AvgIpc) is 2.50. The van der Waals surface area contributed by atoms with Crippen molar-refractivity contribution in [1.29, 1.82) is 0 Å². The molecule has 4 nitrogen and oxygen atoms in total. The maximum Gasteiger partial charge on any atom is 0.139 e. The summed E-state index contributed by atoms with van der Waals surface area (Å²) < 4.78 is 3.74. The topological polar surface area (TPSA) is 56.7 Å². The highest BCUT2D eigenvalue weighted by molar-refractivity contribution is 14.1. The molecule has 0 fully saturated rings. The van der Waals surface area contributed by atoms with E-state index in [4.69, 9.17) is 5.73 Å². The number of aryl methyl sites for hydroxylation is 1. The summed E-state index contributed by atoms with van der Waals surface area (Å²) in [7, 11) is 0. The number of pyridine rings is 1. The number of aromatic nitrogens is 3. The van der Waals surface area contributed by atoms with Crippen molar-refractivity contribution in [1.82, 2.24) is 14.8 Å². The van der Waals surface area contributed by atoms with E-state index >= 15 is 0 Å². The molecule has 2 heterocycles. The number of anilines is 1. The summed E-state index contributed by atoms with van der Waals surface area (Å²) in [5.41, 5.74) is 6.84. The van der Waals surface area contributed by atoms with Crippen molar-refractivity contribution in [2.24, 2.45) is 0 Å². The van der Waals surface area contributed by atoms with Crippen LogP contribution in [-0.4, -0.2) is 14.8 Å². The van der Waals surface area contributed by atoms with Gasteiger partial charge in [-0.3, -0.25) is 4.68 Å². The lowest BCUT2D eigenvalue weighted by Crippen LogP contribution is -1.98. The molecule has 0 amide bonds. The van der Waals surface area contributed by atoms with Crippen LogP contribution in [0.25, 0.3) is 10.9 Å². The van der Waals surface area contributed by atoms with E-state index in [2.05, 4.69) is 48.6 Å². The summed E-state index contributed by atoms with van der Waals surface area (Å²) in [5.74, 6) is 0.520. The predicted octanol–water partition coefficient (Wildman–Crippen LogP) is 2.40. The van der Waals surface area contributed by atoms with E-state index in [1.807, 2.05) is 11.6 Å².